The minimum atomic E-state index is -0.0266. The molecule has 0 heterocycles. The van der Waals surface area contributed by atoms with Crippen molar-refractivity contribution in [3.05, 3.63) is 35.4 Å². The molecule has 0 bridgehead atoms. The maximum Gasteiger partial charge on any atom is 0.306 e. The highest BCUT2D eigenvalue weighted by molar-refractivity contribution is 5.69. The Labute approximate surface area is 116 Å². The molecule has 0 N–H and O–H groups in total. The number of rotatable bonds is 4. The van der Waals surface area contributed by atoms with Crippen molar-refractivity contribution in [3.63, 3.8) is 0 Å². The Morgan fingerprint density at radius 1 is 1.16 bits per heavy atom. The predicted molar refractivity (Wildman–Crippen MR) is 77.1 cm³/mol. The zero-order chi connectivity index (χ0) is 13.7. The highest BCUT2D eigenvalue weighted by atomic mass is 16.5. The van der Waals surface area contributed by atoms with E-state index in [2.05, 4.69) is 31.2 Å². The van der Waals surface area contributed by atoms with E-state index in [9.17, 15) is 4.79 Å². The topological polar surface area (TPSA) is 26.3 Å². The average molecular weight is 260 g/mol. The van der Waals surface area contributed by atoms with Gasteiger partial charge < -0.3 is 4.74 Å². The Morgan fingerprint density at radius 2 is 1.79 bits per heavy atom. The fourth-order valence-electron chi connectivity index (χ4n) is 2.99. The number of hydrogen-bond donors (Lipinski definition) is 0. The highest BCUT2D eigenvalue weighted by Gasteiger charge is 2.24. The van der Waals surface area contributed by atoms with Gasteiger partial charge in [0.2, 0.25) is 0 Å². The number of carbonyl (C=O) groups is 1. The van der Waals surface area contributed by atoms with Gasteiger partial charge >= 0.3 is 5.97 Å². The smallest absolute Gasteiger partial charge is 0.306 e. The predicted octanol–water partition coefficient (Wildman–Crippen LogP) is 4.22. The van der Waals surface area contributed by atoms with Crippen LogP contribution in [0.4, 0.5) is 0 Å². The van der Waals surface area contributed by atoms with Crippen LogP contribution in [-0.4, -0.2) is 12.6 Å². The first-order chi connectivity index (χ1) is 9.19. The van der Waals surface area contributed by atoms with Crippen LogP contribution in [0.3, 0.4) is 0 Å². The molecule has 2 heteroatoms. The molecule has 1 aromatic carbocycles. The van der Waals surface area contributed by atoms with Crippen LogP contribution in [0.1, 0.15) is 56.1 Å². The van der Waals surface area contributed by atoms with Gasteiger partial charge in [0.1, 0.15) is 0 Å². The molecule has 104 valence electrons. The van der Waals surface area contributed by atoms with Crippen LogP contribution in [0.5, 0.6) is 0 Å². The summed E-state index contributed by atoms with van der Waals surface area (Å²) in [7, 11) is 0. The first-order valence-electron chi connectivity index (χ1n) is 7.41. The minimum absolute atomic E-state index is 0.0266. The van der Waals surface area contributed by atoms with E-state index in [0.717, 1.165) is 12.8 Å². The molecule has 0 unspecified atom stereocenters. The third-order valence-corrected chi connectivity index (χ3v) is 4.16. The van der Waals surface area contributed by atoms with Crippen molar-refractivity contribution in [2.75, 3.05) is 6.61 Å². The molecule has 1 aliphatic carbocycles. The lowest BCUT2D eigenvalue weighted by Gasteiger charge is -2.28. The normalized spacial score (nSPS) is 23.1. The van der Waals surface area contributed by atoms with E-state index in [4.69, 9.17) is 4.74 Å². The molecule has 0 radical (unpaired) electrons. The van der Waals surface area contributed by atoms with Crippen molar-refractivity contribution in [2.45, 2.75) is 51.9 Å². The zero-order valence-corrected chi connectivity index (χ0v) is 12.0. The van der Waals surface area contributed by atoms with Gasteiger partial charge in [0.05, 0.1) is 6.61 Å². The van der Waals surface area contributed by atoms with Crippen molar-refractivity contribution >= 4 is 5.97 Å². The summed E-state index contributed by atoms with van der Waals surface area (Å²) in [6.07, 6.45) is 5.31. The molecule has 1 saturated carbocycles. The molecule has 0 atom stereocenters. The second-order valence-corrected chi connectivity index (χ2v) is 5.64. The Kier molecular flexibility index (Phi) is 5.00. The summed E-state index contributed by atoms with van der Waals surface area (Å²) in [6.45, 7) is 4.49. The summed E-state index contributed by atoms with van der Waals surface area (Å²) in [5.74, 6) is 1.18. The number of carbonyl (C=O) groups excluding carboxylic acids is 1. The lowest BCUT2D eigenvalue weighted by atomic mass is 9.77. The molecule has 2 rings (SSSR count). The summed E-state index contributed by atoms with van der Waals surface area (Å²) in [6, 6.07) is 8.90. The van der Waals surface area contributed by atoms with Crippen molar-refractivity contribution in [2.24, 2.45) is 5.92 Å². The molecule has 0 saturated heterocycles. The SMILES string of the molecule is CCOC(=O)CC1CCC(c2ccc(C)cc2)CC1. The molecule has 0 amide bonds. The van der Waals surface area contributed by atoms with Crippen molar-refractivity contribution in [1.82, 2.24) is 0 Å². The van der Waals surface area contributed by atoms with E-state index < -0.39 is 0 Å². The van der Waals surface area contributed by atoms with Gasteiger partial charge in [0.25, 0.3) is 0 Å². The van der Waals surface area contributed by atoms with Crippen molar-refractivity contribution in [1.29, 1.82) is 0 Å². The Balaban J connectivity index is 1.82. The van der Waals surface area contributed by atoms with Gasteiger partial charge in [0, 0.05) is 6.42 Å². The summed E-state index contributed by atoms with van der Waals surface area (Å²) in [5, 5.41) is 0. The van der Waals surface area contributed by atoms with Crippen LogP contribution >= 0.6 is 0 Å². The zero-order valence-electron chi connectivity index (χ0n) is 12.0. The summed E-state index contributed by atoms with van der Waals surface area (Å²) < 4.78 is 5.03. The van der Waals surface area contributed by atoms with Crippen LogP contribution in [0.2, 0.25) is 0 Å². The number of ether oxygens (including phenoxy) is 1. The van der Waals surface area contributed by atoms with Gasteiger partial charge in [-0.2, -0.15) is 0 Å². The molecule has 1 aromatic rings. The van der Waals surface area contributed by atoms with Gasteiger partial charge in [-0.1, -0.05) is 29.8 Å². The van der Waals surface area contributed by atoms with Gasteiger partial charge in [-0.05, 0) is 56.9 Å². The third-order valence-electron chi connectivity index (χ3n) is 4.16. The third kappa shape index (κ3) is 4.09. The highest BCUT2D eigenvalue weighted by Crippen LogP contribution is 2.37. The summed E-state index contributed by atoms with van der Waals surface area (Å²) >= 11 is 0. The number of esters is 1. The maximum atomic E-state index is 11.5. The maximum absolute atomic E-state index is 11.5. The summed E-state index contributed by atoms with van der Waals surface area (Å²) in [4.78, 5) is 11.5. The fourth-order valence-corrected chi connectivity index (χ4v) is 2.99. The lowest BCUT2D eigenvalue weighted by Crippen LogP contribution is -2.17. The van der Waals surface area contributed by atoms with Crippen LogP contribution in [0, 0.1) is 12.8 Å². The number of hydrogen-bond acceptors (Lipinski definition) is 2. The van der Waals surface area contributed by atoms with E-state index in [1.165, 1.54) is 24.0 Å². The minimum Gasteiger partial charge on any atom is -0.466 e. The van der Waals surface area contributed by atoms with E-state index in [0.29, 0.717) is 24.9 Å². The van der Waals surface area contributed by atoms with Crippen LogP contribution in [0.15, 0.2) is 24.3 Å². The number of aryl methyl sites for hydroxylation is 1. The second-order valence-electron chi connectivity index (χ2n) is 5.64. The van der Waals surface area contributed by atoms with Gasteiger partial charge in [-0.15, -0.1) is 0 Å². The van der Waals surface area contributed by atoms with Gasteiger partial charge in [-0.3, -0.25) is 4.79 Å². The van der Waals surface area contributed by atoms with Crippen LogP contribution < -0.4 is 0 Å². The molecular weight excluding hydrogens is 236 g/mol. The van der Waals surface area contributed by atoms with E-state index in [1.54, 1.807) is 0 Å². The monoisotopic (exact) mass is 260 g/mol. The molecule has 1 aliphatic rings. The van der Waals surface area contributed by atoms with Gasteiger partial charge in [0.15, 0.2) is 0 Å². The quantitative estimate of drug-likeness (QED) is 0.758. The number of benzene rings is 1. The molecule has 0 aliphatic heterocycles. The second kappa shape index (κ2) is 6.74. The van der Waals surface area contributed by atoms with E-state index in [-0.39, 0.29) is 5.97 Å². The van der Waals surface area contributed by atoms with Crippen LogP contribution in [-0.2, 0) is 9.53 Å². The first-order valence-corrected chi connectivity index (χ1v) is 7.41. The summed E-state index contributed by atoms with van der Waals surface area (Å²) in [5.41, 5.74) is 2.78. The largest absolute Gasteiger partial charge is 0.466 e. The molecule has 0 aromatic heterocycles. The molecule has 19 heavy (non-hydrogen) atoms. The Bertz CT molecular complexity index is 400. The standard InChI is InChI=1S/C17H24O2/c1-3-19-17(18)12-14-6-10-16(11-7-14)15-8-4-13(2)5-9-15/h4-5,8-9,14,16H,3,6-7,10-12H2,1-2H3. The molecular formula is C17H24O2. The van der Waals surface area contributed by atoms with E-state index in [1.807, 2.05) is 6.92 Å². The average Bonchev–Trinajstić information content (AvgIpc) is 2.41. The van der Waals surface area contributed by atoms with E-state index >= 15 is 0 Å². The molecule has 1 fully saturated rings. The van der Waals surface area contributed by atoms with Crippen LogP contribution in [0.25, 0.3) is 0 Å². The Morgan fingerprint density at radius 3 is 2.37 bits per heavy atom. The first kappa shape index (κ1) is 14.1. The molecule has 0 spiro atoms. The lowest BCUT2D eigenvalue weighted by molar-refractivity contribution is -0.144. The fraction of sp³-hybridized carbons (Fsp3) is 0.588. The Hall–Kier alpha value is -1.31. The van der Waals surface area contributed by atoms with Crippen molar-refractivity contribution < 1.29 is 9.53 Å². The van der Waals surface area contributed by atoms with Crippen molar-refractivity contribution in [3.8, 4) is 0 Å². The molecule has 2 nitrogen and oxygen atoms in total. The van der Waals surface area contributed by atoms with Gasteiger partial charge in [-0.25, -0.2) is 0 Å².